The van der Waals surface area contributed by atoms with Gasteiger partial charge in [0.25, 0.3) is 11.8 Å². The first kappa shape index (κ1) is 18.5. The van der Waals surface area contributed by atoms with Gasteiger partial charge in [-0.15, -0.1) is 0 Å². The summed E-state index contributed by atoms with van der Waals surface area (Å²) < 4.78 is 16.1. The lowest BCUT2D eigenvalue weighted by atomic mass is 10.1. The van der Waals surface area contributed by atoms with Crippen LogP contribution in [0.15, 0.2) is 12.1 Å². The number of nitrogens with zero attached hydrogens (tertiary/aromatic N) is 2. The maximum absolute atomic E-state index is 12.9. The molecule has 1 atom stereocenters. The van der Waals surface area contributed by atoms with Crippen molar-refractivity contribution in [3.05, 3.63) is 23.3 Å². The molecule has 2 saturated heterocycles. The summed E-state index contributed by atoms with van der Waals surface area (Å²) in [6, 6.07) is 3.53. The Labute approximate surface area is 153 Å². The molecule has 3 rings (SSSR count). The monoisotopic (exact) mass is 362 g/mol. The first-order chi connectivity index (χ1) is 12.5. The first-order valence-corrected chi connectivity index (χ1v) is 8.97. The molecule has 2 heterocycles. The third-order valence-electron chi connectivity index (χ3n) is 5.04. The predicted octanol–water partition coefficient (Wildman–Crippen LogP) is 1.48. The van der Waals surface area contributed by atoms with Gasteiger partial charge < -0.3 is 24.0 Å². The molecule has 2 aliphatic heterocycles. The fourth-order valence-electron chi connectivity index (χ4n) is 3.49. The van der Waals surface area contributed by atoms with Gasteiger partial charge >= 0.3 is 0 Å². The van der Waals surface area contributed by atoms with E-state index in [1.165, 1.54) is 0 Å². The lowest BCUT2D eigenvalue weighted by molar-refractivity contribution is -0.142. The highest BCUT2D eigenvalue weighted by atomic mass is 16.5. The van der Waals surface area contributed by atoms with Crippen LogP contribution in [0.2, 0.25) is 0 Å². The average molecular weight is 362 g/mol. The van der Waals surface area contributed by atoms with Crippen molar-refractivity contribution in [2.24, 2.45) is 0 Å². The molecule has 2 amide bonds. The van der Waals surface area contributed by atoms with Gasteiger partial charge in [-0.05, 0) is 37.5 Å². The van der Waals surface area contributed by atoms with Crippen molar-refractivity contribution in [3.8, 4) is 11.5 Å². The summed E-state index contributed by atoms with van der Waals surface area (Å²) in [6.45, 7) is 4.66. The smallest absolute Gasteiger partial charge is 0.254 e. The van der Waals surface area contributed by atoms with Crippen molar-refractivity contribution < 1.29 is 23.8 Å². The van der Waals surface area contributed by atoms with Crippen LogP contribution in [0.1, 0.15) is 28.8 Å². The van der Waals surface area contributed by atoms with Gasteiger partial charge in [0.1, 0.15) is 6.10 Å². The molecule has 0 aromatic heterocycles. The van der Waals surface area contributed by atoms with Gasteiger partial charge in [-0.2, -0.15) is 0 Å². The predicted molar refractivity (Wildman–Crippen MR) is 95.7 cm³/mol. The number of ether oxygens (including phenoxy) is 3. The zero-order chi connectivity index (χ0) is 18.7. The molecule has 2 aliphatic rings. The van der Waals surface area contributed by atoms with E-state index in [0.29, 0.717) is 49.8 Å². The molecule has 0 N–H and O–H groups in total. The van der Waals surface area contributed by atoms with Crippen molar-refractivity contribution in [2.75, 3.05) is 47.0 Å². The number of piperazine rings is 1. The molecule has 0 saturated carbocycles. The number of methoxy groups -OCH3 is 2. The minimum absolute atomic E-state index is 0.0485. The van der Waals surface area contributed by atoms with E-state index in [4.69, 9.17) is 14.2 Å². The van der Waals surface area contributed by atoms with Crippen LogP contribution in [0, 0.1) is 6.92 Å². The normalized spacial score (nSPS) is 20.2. The minimum atomic E-state index is -0.301. The summed E-state index contributed by atoms with van der Waals surface area (Å²) in [5, 5.41) is 0. The van der Waals surface area contributed by atoms with Crippen LogP contribution in [-0.2, 0) is 9.53 Å². The van der Waals surface area contributed by atoms with E-state index in [-0.39, 0.29) is 17.9 Å². The Hall–Kier alpha value is -2.28. The average Bonchev–Trinajstić information content (AvgIpc) is 3.21. The molecule has 0 radical (unpaired) electrons. The molecule has 1 aromatic carbocycles. The third kappa shape index (κ3) is 3.62. The van der Waals surface area contributed by atoms with Crippen LogP contribution in [-0.4, -0.2) is 74.7 Å². The van der Waals surface area contributed by atoms with E-state index in [9.17, 15) is 9.59 Å². The first-order valence-electron chi connectivity index (χ1n) is 8.97. The summed E-state index contributed by atoms with van der Waals surface area (Å²) in [7, 11) is 3.13. The van der Waals surface area contributed by atoms with Crippen LogP contribution >= 0.6 is 0 Å². The fraction of sp³-hybridized carbons (Fsp3) is 0.579. The zero-order valence-corrected chi connectivity index (χ0v) is 15.6. The van der Waals surface area contributed by atoms with Gasteiger partial charge in [0.05, 0.1) is 14.2 Å². The zero-order valence-electron chi connectivity index (χ0n) is 15.6. The van der Waals surface area contributed by atoms with Crippen molar-refractivity contribution >= 4 is 11.8 Å². The lowest BCUT2D eigenvalue weighted by Gasteiger charge is -2.36. The van der Waals surface area contributed by atoms with Crippen molar-refractivity contribution in [1.82, 2.24) is 9.80 Å². The van der Waals surface area contributed by atoms with Crippen molar-refractivity contribution in [2.45, 2.75) is 25.9 Å². The van der Waals surface area contributed by atoms with E-state index in [2.05, 4.69) is 0 Å². The van der Waals surface area contributed by atoms with E-state index >= 15 is 0 Å². The Balaban J connectivity index is 1.66. The highest BCUT2D eigenvalue weighted by molar-refractivity contribution is 5.96. The van der Waals surface area contributed by atoms with Crippen LogP contribution in [0.4, 0.5) is 0 Å². The SMILES string of the molecule is COc1cc(C)c(C(=O)N2CCN(C(=O)C3CCCO3)CC2)cc1OC. The molecule has 142 valence electrons. The number of amides is 2. The number of carbonyl (C=O) groups is 2. The van der Waals surface area contributed by atoms with Gasteiger partial charge in [-0.25, -0.2) is 0 Å². The number of carbonyl (C=O) groups excluding carboxylic acids is 2. The Kier molecular flexibility index (Phi) is 5.66. The Bertz CT molecular complexity index is 677. The molecule has 0 aliphatic carbocycles. The summed E-state index contributed by atoms with van der Waals surface area (Å²) in [6.07, 6.45) is 1.43. The third-order valence-corrected chi connectivity index (χ3v) is 5.04. The van der Waals surface area contributed by atoms with Crippen LogP contribution < -0.4 is 9.47 Å². The highest BCUT2D eigenvalue weighted by Crippen LogP contribution is 2.31. The summed E-state index contributed by atoms with van der Waals surface area (Å²) in [5.41, 5.74) is 1.44. The van der Waals surface area contributed by atoms with E-state index in [1.54, 1.807) is 30.1 Å². The number of aryl methyl sites for hydroxylation is 1. The molecule has 0 bridgehead atoms. The Morgan fingerprint density at radius 1 is 1.04 bits per heavy atom. The van der Waals surface area contributed by atoms with Gasteiger partial charge in [0.2, 0.25) is 0 Å². The standard InChI is InChI=1S/C19H26N2O5/c1-13-11-16(24-2)17(25-3)12-14(13)18(22)20-6-8-21(9-7-20)19(23)15-5-4-10-26-15/h11-12,15H,4-10H2,1-3H3. The van der Waals surface area contributed by atoms with Crippen LogP contribution in [0.3, 0.4) is 0 Å². The number of hydrogen-bond donors (Lipinski definition) is 0. The second-order valence-electron chi connectivity index (χ2n) is 6.64. The maximum Gasteiger partial charge on any atom is 0.254 e. The van der Waals surface area contributed by atoms with Gasteiger partial charge in [-0.3, -0.25) is 9.59 Å². The molecule has 7 nitrogen and oxygen atoms in total. The number of rotatable bonds is 4. The topological polar surface area (TPSA) is 68.3 Å². The number of benzene rings is 1. The molecule has 1 aromatic rings. The second-order valence-corrected chi connectivity index (χ2v) is 6.64. The van der Waals surface area contributed by atoms with Gasteiger partial charge in [0.15, 0.2) is 11.5 Å². The minimum Gasteiger partial charge on any atom is -0.493 e. The molecule has 1 unspecified atom stereocenters. The van der Waals surface area contributed by atoms with Gasteiger partial charge in [-0.1, -0.05) is 0 Å². The molecule has 0 spiro atoms. The molecular weight excluding hydrogens is 336 g/mol. The molecular formula is C19H26N2O5. The second kappa shape index (κ2) is 7.95. The van der Waals surface area contributed by atoms with E-state index < -0.39 is 0 Å². The number of hydrogen-bond acceptors (Lipinski definition) is 5. The summed E-state index contributed by atoms with van der Waals surface area (Å²) in [5.74, 6) is 1.15. The maximum atomic E-state index is 12.9. The largest absolute Gasteiger partial charge is 0.493 e. The van der Waals surface area contributed by atoms with Crippen molar-refractivity contribution in [1.29, 1.82) is 0 Å². The summed E-state index contributed by atoms with van der Waals surface area (Å²) >= 11 is 0. The molecule has 2 fully saturated rings. The molecule has 7 heteroatoms. The Morgan fingerprint density at radius 2 is 1.65 bits per heavy atom. The molecule has 26 heavy (non-hydrogen) atoms. The van der Waals surface area contributed by atoms with Crippen molar-refractivity contribution in [3.63, 3.8) is 0 Å². The van der Waals surface area contributed by atoms with E-state index in [1.807, 2.05) is 13.0 Å². The fourth-order valence-corrected chi connectivity index (χ4v) is 3.49. The van der Waals surface area contributed by atoms with Gasteiger partial charge in [0, 0.05) is 38.3 Å². The Morgan fingerprint density at radius 3 is 2.23 bits per heavy atom. The highest BCUT2D eigenvalue weighted by Gasteiger charge is 2.32. The van der Waals surface area contributed by atoms with E-state index in [0.717, 1.165) is 18.4 Å². The van der Waals surface area contributed by atoms with Crippen LogP contribution in [0.5, 0.6) is 11.5 Å². The summed E-state index contributed by atoms with van der Waals surface area (Å²) in [4.78, 5) is 28.9. The van der Waals surface area contributed by atoms with Crippen LogP contribution in [0.25, 0.3) is 0 Å². The quantitative estimate of drug-likeness (QED) is 0.811. The lowest BCUT2D eigenvalue weighted by Crippen LogP contribution is -2.52.